The van der Waals surface area contributed by atoms with Crippen LogP contribution in [0.3, 0.4) is 0 Å². The molecule has 0 aliphatic rings. The van der Waals surface area contributed by atoms with Gasteiger partial charge in [-0.2, -0.15) is 12.1 Å². The van der Waals surface area contributed by atoms with Gasteiger partial charge in [0, 0.05) is 17.1 Å². The molecule has 102 valence electrons. The summed E-state index contributed by atoms with van der Waals surface area (Å²) in [6.07, 6.45) is 0.856. The van der Waals surface area contributed by atoms with Crippen LogP contribution in [0.2, 0.25) is 0 Å². The van der Waals surface area contributed by atoms with Gasteiger partial charge in [0.15, 0.2) is 0 Å². The van der Waals surface area contributed by atoms with Crippen LogP contribution < -0.4 is 0 Å². The van der Waals surface area contributed by atoms with E-state index in [0.717, 1.165) is 17.4 Å². The number of carbonyl (C=O) groups is 1. The van der Waals surface area contributed by atoms with Crippen molar-refractivity contribution < 1.29 is 21.9 Å². The molecule has 2 heteroatoms. The quantitative estimate of drug-likeness (QED) is 0.391. The molecule has 0 N–H and O–H groups in total. The number of benzene rings is 1. The first-order chi connectivity index (χ1) is 8.90. The minimum atomic E-state index is 0. The van der Waals surface area contributed by atoms with E-state index in [1.165, 1.54) is 5.56 Å². The molecule has 0 heterocycles. The Labute approximate surface area is 124 Å². The maximum Gasteiger partial charge on any atom is 0.148 e. The molecule has 3 rings (SSSR count). The number of carbonyl (C=O) groups excluding carboxylic acids is 1. The van der Waals surface area contributed by atoms with Gasteiger partial charge in [-0.15, -0.1) is 29.8 Å². The maximum atomic E-state index is 10.4. The first-order valence-electron chi connectivity index (χ1n) is 5.84. The molecule has 3 aromatic rings. The molecule has 19 heavy (non-hydrogen) atoms. The molecule has 0 bridgehead atoms. The summed E-state index contributed by atoms with van der Waals surface area (Å²) in [5.41, 5.74) is 3.06. The van der Waals surface area contributed by atoms with E-state index >= 15 is 0 Å². The molecule has 0 fully saturated rings. The number of hydrogen-bond acceptors (Lipinski definition) is 1. The van der Waals surface area contributed by atoms with Crippen LogP contribution >= 0.6 is 0 Å². The standard InChI is InChI=1S/C12H9O.C5H5.Fe/c13-9-10-5-7-12(8-6-10)11-3-1-2-4-11;1-2-4-5-3-1;/h1-9H;1-5H;/q-1;-5;. The molecular formula is C17H14FeO-6. The Morgan fingerprint density at radius 1 is 0.842 bits per heavy atom. The zero-order chi connectivity index (χ0) is 12.6. The van der Waals surface area contributed by atoms with Crippen molar-refractivity contribution in [2.24, 2.45) is 0 Å². The van der Waals surface area contributed by atoms with E-state index in [2.05, 4.69) is 12.1 Å². The van der Waals surface area contributed by atoms with E-state index in [4.69, 9.17) is 0 Å². The predicted octanol–water partition coefficient (Wildman–Crippen LogP) is 4.29. The van der Waals surface area contributed by atoms with Crippen LogP contribution in [0.25, 0.3) is 11.1 Å². The second kappa shape index (κ2) is 8.25. The van der Waals surface area contributed by atoms with E-state index < -0.39 is 0 Å². The maximum absolute atomic E-state index is 10.4. The average molecular weight is 290 g/mol. The first-order valence-corrected chi connectivity index (χ1v) is 5.84. The van der Waals surface area contributed by atoms with Crippen LogP contribution in [-0.4, -0.2) is 6.29 Å². The molecule has 0 aliphatic heterocycles. The Kier molecular flexibility index (Phi) is 6.59. The van der Waals surface area contributed by atoms with Crippen molar-refractivity contribution in [3.8, 4) is 11.1 Å². The van der Waals surface area contributed by atoms with Crippen molar-refractivity contribution in [2.45, 2.75) is 0 Å². The topological polar surface area (TPSA) is 17.1 Å². The zero-order valence-electron chi connectivity index (χ0n) is 10.3. The molecule has 0 spiro atoms. The molecule has 0 saturated carbocycles. The van der Waals surface area contributed by atoms with Crippen molar-refractivity contribution >= 4 is 6.29 Å². The Bertz CT molecular complexity index is 531. The summed E-state index contributed by atoms with van der Waals surface area (Å²) in [6.45, 7) is 0. The smallest absolute Gasteiger partial charge is 0.148 e. The molecule has 0 aromatic heterocycles. The van der Waals surface area contributed by atoms with Gasteiger partial charge in [-0.1, -0.05) is 17.7 Å². The minimum Gasteiger partial charge on any atom is -0.748 e. The van der Waals surface area contributed by atoms with Crippen LogP contribution in [0.1, 0.15) is 10.4 Å². The normalized spacial score (nSPS) is 8.84. The van der Waals surface area contributed by atoms with Crippen LogP contribution in [-0.2, 0) is 17.1 Å². The van der Waals surface area contributed by atoms with Gasteiger partial charge >= 0.3 is 0 Å². The third kappa shape index (κ3) is 4.70. The second-order valence-electron chi connectivity index (χ2n) is 3.88. The third-order valence-electron chi connectivity index (χ3n) is 2.60. The molecule has 0 amide bonds. The van der Waals surface area contributed by atoms with Crippen molar-refractivity contribution in [1.29, 1.82) is 0 Å². The van der Waals surface area contributed by atoms with Gasteiger partial charge in [0.05, 0.1) is 0 Å². The van der Waals surface area contributed by atoms with Gasteiger partial charge in [0.2, 0.25) is 0 Å². The fourth-order valence-corrected chi connectivity index (χ4v) is 1.64. The Morgan fingerprint density at radius 2 is 1.32 bits per heavy atom. The molecule has 0 aliphatic carbocycles. The zero-order valence-corrected chi connectivity index (χ0v) is 11.4. The number of hydrogen-bond donors (Lipinski definition) is 0. The Morgan fingerprint density at radius 3 is 1.74 bits per heavy atom. The summed E-state index contributed by atoms with van der Waals surface area (Å²) in [6, 6.07) is 25.7. The molecule has 0 atom stereocenters. The molecule has 0 radical (unpaired) electrons. The van der Waals surface area contributed by atoms with E-state index in [1.54, 1.807) is 0 Å². The molecule has 0 unspecified atom stereocenters. The molecule has 1 nitrogen and oxygen atoms in total. The van der Waals surface area contributed by atoms with Crippen LogP contribution in [0.15, 0.2) is 78.9 Å². The SMILES string of the molecule is O=Cc1ccc(-[c-]2cccc2)cc1.[Fe].[cH-]1[cH-][cH-][cH-][cH-]1. The van der Waals surface area contributed by atoms with Crippen LogP contribution in [0.5, 0.6) is 0 Å². The molecule has 0 saturated heterocycles. The predicted molar refractivity (Wildman–Crippen MR) is 74.9 cm³/mol. The second-order valence-corrected chi connectivity index (χ2v) is 3.88. The van der Waals surface area contributed by atoms with Gasteiger partial charge < -0.3 is 30.3 Å². The fraction of sp³-hybridized carbons (Fsp3) is 0. The van der Waals surface area contributed by atoms with Gasteiger partial charge in [0.25, 0.3) is 0 Å². The number of rotatable bonds is 2. The first kappa shape index (κ1) is 15.2. The van der Waals surface area contributed by atoms with Crippen molar-refractivity contribution in [1.82, 2.24) is 0 Å². The van der Waals surface area contributed by atoms with Crippen molar-refractivity contribution in [3.05, 3.63) is 84.4 Å². The molecule has 3 aromatic carbocycles. The fourth-order valence-electron chi connectivity index (χ4n) is 1.64. The summed E-state index contributed by atoms with van der Waals surface area (Å²) in [4.78, 5) is 10.4. The Hall–Kier alpha value is -1.89. The monoisotopic (exact) mass is 290 g/mol. The minimum absolute atomic E-state index is 0. The summed E-state index contributed by atoms with van der Waals surface area (Å²) in [5.74, 6) is 0. The summed E-state index contributed by atoms with van der Waals surface area (Å²) < 4.78 is 0. The van der Waals surface area contributed by atoms with Crippen molar-refractivity contribution in [3.63, 3.8) is 0 Å². The van der Waals surface area contributed by atoms with Gasteiger partial charge in [0.1, 0.15) is 6.29 Å². The van der Waals surface area contributed by atoms with E-state index in [-0.39, 0.29) is 17.1 Å². The summed E-state index contributed by atoms with van der Waals surface area (Å²) >= 11 is 0. The largest absolute Gasteiger partial charge is 0.748 e. The van der Waals surface area contributed by atoms with Gasteiger partial charge in [-0.25, -0.2) is 0 Å². The number of aldehydes is 1. The van der Waals surface area contributed by atoms with Crippen LogP contribution in [0, 0.1) is 0 Å². The van der Waals surface area contributed by atoms with Crippen molar-refractivity contribution in [2.75, 3.05) is 0 Å². The van der Waals surface area contributed by atoms with Gasteiger partial charge in [-0.3, -0.25) is 4.79 Å². The van der Waals surface area contributed by atoms with Gasteiger partial charge in [-0.05, 0) is 5.56 Å². The van der Waals surface area contributed by atoms with Crippen LogP contribution in [0.4, 0.5) is 0 Å². The third-order valence-corrected chi connectivity index (χ3v) is 2.60. The van der Waals surface area contributed by atoms with E-state index in [1.807, 2.05) is 66.7 Å². The summed E-state index contributed by atoms with van der Waals surface area (Å²) in [7, 11) is 0. The van der Waals surface area contributed by atoms with E-state index in [0.29, 0.717) is 0 Å². The average Bonchev–Trinajstić information content (AvgIpc) is 3.14. The van der Waals surface area contributed by atoms with E-state index in [9.17, 15) is 4.79 Å². The molecular weight excluding hydrogens is 276 g/mol. The Balaban J connectivity index is 0.000000256. The summed E-state index contributed by atoms with van der Waals surface area (Å²) in [5, 5.41) is 0.